The number of hydrogen-bond donors (Lipinski definition) is 1. The van der Waals surface area contributed by atoms with Gasteiger partial charge in [-0.05, 0) is 24.6 Å². The van der Waals surface area contributed by atoms with Gasteiger partial charge in [0.25, 0.3) is 5.91 Å². The Bertz CT molecular complexity index is 611. The van der Waals surface area contributed by atoms with Gasteiger partial charge in [-0.15, -0.1) is 0 Å². The third-order valence-electron chi connectivity index (χ3n) is 3.05. The van der Waals surface area contributed by atoms with Crippen LogP contribution in [0.4, 0.5) is 0 Å². The standard InChI is InChI=1S/C15H19N3O2S/c1-2-21(20)14-8-4-3-7-13(14)15(19)16-9-5-11-18-12-6-10-17-18/h3-4,6-8,10,12H,2,5,9,11H2,1H3,(H,16,19). The van der Waals surface area contributed by atoms with E-state index in [0.29, 0.717) is 22.8 Å². The molecule has 6 heteroatoms. The van der Waals surface area contributed by atoms with Gasteiger partial charge in [0, 0.05) is 31.2 Å². The molecule has 0 radical (unpaired) electrons. The largest absolute Gasteiger partial charge is 0.352 e. The maximum atomic E-state index is 12.2. The van der Waals surface area contributed by atoms with Gasteiger partial charge in [0.2, 0.25) is 0 Å². The summed E-state index contributed by atoms with van der Waals surface area (Å²) in [4.78, 5) is 12.8. The first-order valence-electron chi connectivity index (χ1n) is 6.95. The molecule has 1 unspecified atom stereocenters. The van der Waals surface area contributed by atoms with Gasteiger partial charge in [-0.25, -0.2) is 0 Å². The molecular formula is C15H19N3O2S. The summed E-state index contributed by atoms with van der Waals surface area (Å²) >= 11 is 0. The smallest absolute Gasteiger partial charge is 0.252 e. The Kier molecular flexibility index (Phi) is 5.68. The Morgan fingerprint density at radius 1 is 1.33 bits per heavy atom. The quantitative estimate of drug-likeness (QED) is 0.794. The van der Waals surface area contributed by atoms with Crippen molar-refractivity contribution in [1.29, 1.82) is 0 Å². The number of aromatic nitrogens is 2. The molecule has 0 fully saturated rings. The first-order chi connectivity index (χ1) is 10.2. The molecule has 1 N–H and O–H groups in total. The molecule has 0 aliphatic carbocycles. The van der Waals surface area contributed by atoms with E-state index >= 15 is 0 Å². The summed E-state index contributed by atoms with van der Waals surface area (Å²) in [7, 11) is -1.13. The molecule has 0 aliphatic heterocycles. The van der Waals surface area contributed by atoms with E-state index in [1.807, 2.05) is 23.9 Å². The number of hydrogen-bond acceptors (Lipinski definition) is 3. The third-order valence-corrected chi connectivity index (χ3v) is 4.42. The Morgan fingerprint density at radius 3 is 2.86 bits per heavy atom. The van der Waals surface area contributed by atoms with Crippen LogP contribution in [-0.2, 0) is 17.3 Å². The molecule has 0 bridgehead atoms. The number of carbonyl (C=O) groups excluding carboxylic acids is 1. The monoisotopic (exact) mass is 305 g/mol. The lowest BCUT2D eigenvalue weighted by molar-refractivity contribution is 0.0949. The fraction of sp³-hybridized carbons (Fsp3) is 0.333. The van der Waals surface area contributed by atoms with Gasteiger partial charge < -0.3 is 5.32 Å². The summed E-state index contributed by atoms with van der Waals surface area (Å²) in [6.45, 7) is 3.16. The van der Waals surface area contributed by atoms with E-state index < -0.39 is 10.8 Å². The van der Waals surface area contributed by atoms with Gasteiger partial charge in [-0.1, -0.05) is 19.1 Å². The van der Waals surface area contributed by atoms with E-state index in [-0.39, 0.29) is 5.91 Å². The fourth-order valence-corrected chi connectivity index (χ4v) is 2.93. The Morgan fingerprint density at radius 2 is 2.14 bits per heavy atom. The number of rotatable bonds is 7. The fourth-order valence-electron chi connectivity index (χ4n) is 1.98. The molecule has 0 aliphatic rings. The number of benzene rings is 1. The number of nitrogens with zero attached hydrogens (tertiary/aromatic N) is 2. The van der Waals surface area contributed by atoms with Crippen LogP contribution in [0.15, 0.2) is 47.6 Å². The average molecular weight is 305 g/mol. The van der Waals surface area contributed by atoms with Crippen LogP contribution in [0.1, 0.15) is 23.7 Å². The molecule has 0 spiro atoms. The molecule has 112 valence electrons. The van der Waals surface area contributed by atoms with Crippen LogP contribution >= 0.6 is 0 Å². The second-order valence-corrected chi connectivity index (χ2v) is 6.22. The summed E-state index contributed by atoms with van der Waals surface area (Å²) in [5.74, 6) is 0.330. The SMILES string of the molecule is CCS(=O)c1ccccc1C(=O)NCCCn1cccn1. The van der Waals surface area contributed by atoms with E-state index in [1.54, 1.807) is 30.5 Å². The lowest BCUT2D eigenvalue weighted by atomic mass is 10.2. The number of amides is 1. The van der Waals surface area contributed by atoms with Crippen LogP contribution in [0.2, 0.25) is 0 Å². The molecule has 5 nitrogen and oxygen atoms in total. The summed E-state index contributed by atoms with van der Waals surface area (Å²) < 4.78 is 13.8. The van der Waals surface area contributed by atoms with Crippen molar-refractivity contribution >= 4 is 16.7 Å². The average Bonchev–Trinajstić information content (AvgIpc) is 3.04. The number of nitrogens with one attached hydrogen (secondary N) is 1. The van der Waals surface area contributed by atoms with Crippen LogP contribution < -0.4 is 5.32 Å². The minimum Gasteiger partial charge on any atom is -0.352 e. The topological polar surface area (TPSA) is 64.0 Å². The molecule has 1 atom stereocenters. The van der Waals surface area contributed by atoms with E-state index in [0.717, 1.165) is 13.0 Å². The van der Waals surface area contributed by atoms with Gasteiger partial charge in [0.05, 0.1) is 21.3 Å². The molecule has 2 rings (SSSR count). The maximum Gasteiger partial charge on any atom is 0.252 e. The van der Waals surface area contributed by atoms with Crippen LogP contribution in [0.5, 0.6) is 0 Å². The summed E-state index contributed by atoms with van der Waals surface area (Å²) in [6, 6.07) is 8.92. The first kappa shape index (κ1) is 15.4. The summed E-state index contributed by atoms with van der Waals surface area (Å²) in [6.07, 6.45) is 4.42. The van der Waals surface area contributed by atoms with E-state index in [9.17, 15) is 9.00 Å². The zero-order valence-corrected chi connectivity index (χ0v) is 12.8. The maximum absolute atomic E-state index is 12.2. The van der Waals surface area contributed by atoms with Gasteiger partial charge >= 0.3 is 0 Å². The second-order valence-electron chi connectivity index (χ2n) is 4.51. The minimum absolute atomic E-state index is 0.173. The third kappa shape index (κ3) is 4.26. The highest BCUT2D eigenvalue weighted by Gasteiger charge is 2.13. The van der Waals surface area contributed by atoms with Crippen molar-refractivity contribution in [3.05, 3.63) is 48.3 Å². The molecule has 1 aromatic heterocycles. The van der Waals surface area contributed by atoms with Crippen LogP contribution in [-0.4, -0.2) is 32.2 Å². The Balaban J connectivity index is 1.90. The van der Waals surface area contributed by atoms with Crippen LogP contribution in [0, 0.1) is 0 Å². The Hall–Kier alpha value is -1.95. The molecule has 1 amide bonds. The predicted octanol–water partition coefficient (Wildman–Crippen LogP) is 1.83. The zero-order valence-electron chi connectivity index (χ0n) is 12.0. The van der Waals surface area contributed by atoms with Crippen molar-refractivity contribution < 1.29 is 9.00 Å². The van der Waals surface area contributed by atoms with Crippen molar-refractivity contribution in [2.24, 2.45) is 0 Å². The van der Waals surface area contributed by atoms with E-state index in [2.05, 4.69) is 10.4 Å². The minimum atomic E-state index is -1.13. The molecule has 0 saturated carbocycles. The first-order valence-corrected chi connectivity index (χ1v) is 8.27. The van der Waals surface area contributed by atoms with Crippen molar-refractivity contribution in [3.63, 3.8) is 0 Å². The lowest BCUT2D eigenvalue weighted by Crippen LogP contribution is -2.26. The highest BCUT2D eigenvalue weighted by Crippen LogP contribution is 2.13. The van der Waals surface area contributed by atoms with Gasteiger partial charge in [0.1, 0.15) is 0 Å². The molecule has 0 saturated heterocycles. The normalized spacial score (nSPS) is 12.0. The van der Waals surface area contributed by atoms with Gasteiger partial charge in [-0.3, -0.25) is 13.7 Å². The highest BCUT2D eigenvalue weighted by atomic mass is 32.2. The predicted molar refractivity (Wildman–Crippen MR) is 82.6 cm³/mol. The van der Waals surface area contributed by atoms with Crippen LogP contribution in [0.25, 0.3) is 0 Å². The number of carbonyl (C=O) groups is 1. The molecule has 1 aromatic carbocycles. The zero-order chi connectivity index (χ0) is 15.1. The second kappa shape index (κ2) is 7.73. The molecular weight excluding hydrogens is 286 g/mol. The summed E-state index contributed by atoms with van der Waals surface area (Å²) in [5.41, 5.74) is 0.497. The molecule has 1 heterocycles. The Labute approximate surface area is 126 Å². The van der Waals surface area contributed by atoms with Crippen molar-refractivity contribution in [2.75, 3.05) is 12.3 Å². The van der Waals surface area contributed by atoms with Crippen LogP contribution in [0.3, 0.4) is 0 Å². The molecule has 2 aromatic rings. The number of aryl methyl sites for hydroxylation is 1. The van der Waals surface area contributed by atoms with Gasteiger partial charge in [-0.2, -0.15) is 5.10 Å². The summed E-state index contributed by atoms with van der Waals surface area (Å²) in [5, 5.41) is 6.97. The van der Waals surface area contributed by atoms with E-state index in [1.165, 1.54) is 0 Å². The molecule has 21 heavy (non-hydrogen) atoms. The van der Waals surface area contributed by atoms with Gasteiger partial charge in [0.15, 0.2) is 0 Å². The van der Waals surface area contributed by atoms with Crippen molar-refractivity contribution in [2.45, 2.75) is 24.8 Å². The van der Waals surface area contributed by atoms with E-state index in [4.69, 9.17) is 0 Å². The van der Waals surface area contributed by atoms with Crippen molar-refractivity contribution in [1.82, 2.24) is 15.1 Å². The van der Waals surface area contributed by atoms with Crippen molar-refractivity contribution in [3.8, 4) is 0 Å². The lowest BCUT2D eigenvalue weighted by Gasteiger charge is -2.09. The highest BCUT2D eigenvalue weighted by molar-refractivity contribution is 7.85.